The largest absolute Gasteiger partial charge is 0.366 e. The minimum atomic E-state index is -0.274. The summed E-state index contributed by atoms with van der Waals surface area (Å²) >= 11 is 0. The van der Waals surface area contributed by atoms with Crippen LogP contribution in [-0.4, -0.2) is 18.0 Å². The van der Waals surface area contributed by atoms with Crippen molar-refractivity contribution in [2.75, 3.05) is 6.61 Å². The van der Waals surface area contributed by atoms with Gasteiger partial charge in [-0.2, -0.15) is 0 Å². The van der Waals surface area contributed by atoms with E-state index >= 15 is 0 Å². The molecule has 4 aliphatic carbocycles. The number of carbonyl (C=O) groups excluding carboxylic acids is 1. The Kier molecular flexibility index (Phi) is 3.20. The van der Waals surface area contributed by atoms with Crippen LogP contribution in [0.5, 0.6) is 0 Å². The summed E-state index contributed by atoms with van der Waals surface area (Å²) in [5, 5.41) is 0. The van der Waals surface area contributed by atoms with Gasteiger partial charge in [-0.1, -0.05) is 43.4 Å². The van der Waals surface area contributed by atoms with E-state index in [1.807, 2.05) is 6.08 Å². The first-order valence-electron chi connectivity index (χ1n) is 9.89. The zero-order valence-electron chi connectivity index (χ0n) is 15.2. The zero-order valence-corrected chi connectivity index (χ0v) is 15.2. The Morgan fingerprint density at radius 2 is 2.04 bits per heavy atom. The maximum Gasteiger partial charge on any atom is 0.155 e. The topological polar surface area (TPSA) is 26.3 Å². The molecule has 2 heteroatoms. The lowest BCUT2D eigenvalue weighted by molar-refractivity contribution is -0.116. The highest BCUT2D eigenvalue weighted by Gasteiger charge is 2.64. The smallest absolute Gasteiger partial charge is 0.155 e. The average molecular weight is 336 g/mol. The standard InChI is InChI=1S/C23H28O2/c1-14-13-22(3)20(8-10-23(22)15(2)9-11-25-23)19-6-4-16-12-17(24)5-7-18(16)21(14)19/h8,10,12,18-21H,1-2,4-7,9,11,13H2,3H3/t18-,19-,20-,21+,22-,23-/m0/s1. The molecule has 6 atom stereocenters. The van der Waals surface area contributed by atoms with Crippen LogP contribution in [0.4, 0.5) is 0 Å². The van der Waals surface area contributed by atoms with Gasteiger partial charge in [-0.25, -0.2) is 0 Å². The van der Waals surface area contributed by atoms with E-state index < -0.39 is 0 Å². The van der Waals surface area contributed by atoms with E-state index in [1.54, 1.807) is 0 Å². The predicted octanol–water partition coefficient (Wildman–Crippen LogP) is 4.79. The van der Waals surface area contributed by atoms with Crippen LogP contribution >= 0.6 is 0 Å². The van der Waals surface area contributed by atoms with E-state index in [0.717, 1.165) is 32.3 Å². The molecule has 3 fully saturated rings. The van der Waals surface area contributed by atoms with Gasteiger partial charge in [-0.3, -0.25) is 4.79 Å². The average Bonchev–Trinajstić information content (AvgIpc) is 3.09. The maximum absolute atomic E-state index is 11.9. The van der Waals surface area contributed by atoms with Crippen molar-refractivity contribution in [1.82, 2.24) is 0 Å². The van der Waals surface area contributed by atoms with Crippen LogP contribution in [0.2, 0.25) is 0 Å². The predicted molar refractivity (Wildman–Crippen MR) is 99.0 cm³/mol. The van der Waals surface area contributed by atoms with Crippen LogP contribution in [0.1, 0.15) is 45.4 Å². The summed E-state index contributed by atoms with van der Waals surface area (Å²) < 4.78 is 6.35. The summed E-state index contributed by atoms with van der Waals surface area (Å²) in [5.41, 5.74) is 3.83. The van der Waals surface area contributed by atoms with Crippen molar-refractivity contribution in [1.29, 1.82) is 0 Å². The minimum absolute atomic E-state index is 0.0601. The van der Waals surface area contributed by atoms with Crippen LogP contribution in [0.25, 0.3) is 0 Å². The second-order valence-electron chi connectivity index (χ2n) is 9.13. The van der Waals surface area contributed by atoms with E-state index in [1.165, 1.54) is 23.1 Å². The highest BCUT2D eigenvalue weighted by atomic mass is 16.5. The van der Waals surface area contributed by atoms with Gasteiger partial charge in [-0.15, -0.1) is 0 Å². The first-order valence-corrected chi connectivity index (χ1v) is 9.89. The third-order valence-corrected chi connectivity index (χ3v) is 8.09. The highest BCUT2D eigenvalue weighted by molar-refractivity contribution is 5.91. The molecule has 0 radical (unpaired) electrons. The van der Waals surface area contributed by atoms with Crippen molar-refractivity contribution in [2.45, 2.75) is 51.0 Å². The summed E-state index contributed by atoms with van der Waals surface area (Å²) in [6.07, 6.45) is 12.7. The molecule has 132 valence electrons. The lowest BCUT2D eigenvalue weighted by Gasteiger charge is -2.57. The molecule has 2 saturated carbocycles. The Bertz CT molecular complexity index is 741. The molecule has 1 aliphatic heterocycles. The molecule has 5 rings (SSSR count). The third kappa shape index (κ3) is 1.87. The van der Waals surface area contributed by atoms with Crippen LogP contribution in [0.3, 0.4) is 0 Å². The summed E-state index contributed by atoms with van der Waals surface area (Å²) in [6, 6.07) is 0. The molecule has 25 heavy (non-hydrogen) atoms. The Hall–Kier alpha value is -1.41. The number of ether oxygens (including phenoxy) is 1. The van der Waals surface area contributed by atoms with Crippen LogP contribution in [-0.2, 0) is 9.53 Å². The van der Waals surface area contributed by atoms with Gasteiger partial charge in [0.25, 0.3) is 0 Å². The van der Waals surface area contributed by atoms with Crippen molar-refractivity contribution < 1.29 is 9.53 Å². The first-order chi connectivity index (χ1) is 12.0. The normalized spacial score (nSPS) is 48.4. The second-order valence-corrected chi connectivity index (χ2v) is 9.13. The lowest BCUT2D eigenvalue weighted by atomic mass is 9.48. The van der Waals surface area contributed by atoms with Gasteiger partial charge in [0, 0.05) is 11.8 Å². The van der Waals surface area contributed by atoms with Crippen molar-refractivity contribution in [3.8, 4) is 0 Å². The quantitative estimate of drug-likeness (QED) is 0.595. The van der Waals surface area contributed by atoms with Crippen molar-refractivity contribution >= 4 is 5.78 Å². The van der Waals surface area contributed by atoms with Crippen LogP contribution < -0.4 is 0 Å². The molecule has 0 bridgehead atoms. The van der Waals surface area contributed by atoms with Crippen molar-refractivity contribution in [2.24, 2.45) is 29.1 Å². The molecule has 1 spiro atoms. The van der Waals surface area contributed by atoms with Gasteiger partial charge in [0.05, 0.1) is 6.61 Å². The Labute approximate surface area is 150 Å². The molecule has 2 nitrogen and oxygen atoms in total. The monoisotopic (exact) mass is 336 g/mol. The Morgan fingerprint density at radius 1 is 1.20 bits per heavy atom. The molecule has 1 heterocycles. The fourth-order valence-corrected chi connectivity index (χ4v) is 7.04. The second kappa shape index (κ2) is 5.07. The van der Waals surface area contributed by atoms with Crippen LogP contribution in [0, 0.1) is 29.1 Å². The molecule has 0 aromatic rings. The van der Waals surface area contributed by atoms with E-state index in [-0.39, 0.29) is 11.0 Å². The SMILES string of the molecule is C=C1C[C@@]2(C)[C@@H](C=C[C@@]23OCCC3=C)[C@@H]2CCC3=CC(=O)CC[C@@H]3[C@@H]12. The van der Waals surface area contributed by atoms with Crippen molar-refractivity contribution in [3.63, 3.8) is 0 Å². The lowest BCUT2D eigenvalue weighted by Crippen LogP contribution is -2.54. The Morgan fingerprint density at radius 3 is 2.80 bits per heavy atom. The summed E-state index contributed by atoms with van der Waals surface area (Å²) in [5.74, 6) is 2.59. The van der Waals surface area contributed by atoms with Gasteiger partial charge >= 0.3 is 0 Å². The molecular weight excluding hydrogens is 308 g/mol. The molecule has 0 N–H and O–H groups in total. The van der Waals surface area contributed by atoms with Gasteiger partial charge in [-0.05, 0) is 67.4 Å². The molecule has 0 unspecified atom stereocenters. The molecule has 0 aromatic carbocycles. The van der Waals surface area contributed by atoms with E-state index in [2.05, 4.69) is 32.2 Å². The number of rotatable bonds is 0. The molecule has 1 saturated heterocycles. The van der Waals surface area contributed by atoms with Gasteiger partial charge in [0.2, 0.25) is 0 Å². The van der Waals surface area contributed by atoms with Gasteiger partial charge in [0.1, 0.15) is 5.60 Å². The zero-order chi connectivity index (χ0) is 17.4. The number of hydrogen-bond donors (Lipinski definition) is 0. The summed E-state index contributed by atoms with van der Waals surface area (Å²) in [4.78, 5) is 11.9. The number of allylic oxidation sites excluding steroid dienone is 4. The molecule has 0 aromatic heterocycles. The van der Waals surface area contributed by atoms with E-state index in [9.17, 15) is 4.79 Å². The first kappa shape index (κ1) is 15.8. The molecular formula is C23H28O2. The minimum Gasteiger partial charge on any atom is -0.366 e. The summed E-state index contributed by atoms with van der Waals surface area (Å²) in [7, 11) is 0. The van der Waals surface area contributed by atoms with Crippen molar-refractivity contribution in [3.05, 3.63) is 48.1 Å². The fraction of sp³-hybridized carbons (Fsp3) is 0.609. The summed E-state index contributed by atoms with van der Waals surface area (Å²) in [6.45, 7) is 12.1. The Balaban J connectivity index is 1.54. The van der Waals surface area contributed by atoms with Gasteiger partial charge in [0.15, 0.2) is 5.78 Å². The fourth-order valence-electron chi connectivity index (χ4n) is 7.04. The van der Waals surface area contributed by atoms with Gasteiger partial charge < -0.3 is 4.74 Å². The number of fused-ring (bicyclic) bond motifs is 6. The molecule has 0 amide bonds. The number of ketones is 1. The number of hydrogen-bond acceptors (Lipinski definition) is 2. The van der Waals surface area contributed by atoms with E-state index in [0.29, 0.717) is 35.9 Å². The van der Waals surface area contributed by atoms with Crippen LogP contribution in [0.15, 0.2) is 48.1 Å². The van der Waals surface area contributed by atoms with E-state index in [4.69, 9.17) is 4.74 Å². The number of carbonyl (C=O) groups is 1. The highest BCUT2D eigenvalue weighted by Crippen LogP contribution is 2.66. The maximum atomic E-state index is 11.9. The third-order valence-electron chi connectivity index (χ3n) is 8.09. The molecule has 5 aliphatic rings.